The van der Waals surface area contributed by atoms with E-state index in [4.69, 9.17) is 4.74 Å². The van der Waals surface area contributed by atoms with Crippen LogP contribution in [0.1, 0.15) is 29.9 Å². The van der Waals surface area contributed by atoms with Gasteiger partial charge < -0.3 is 10.1 Å². The van der Waals surface area contributed by atoms with Crippen LogP contribution >= 0.6 is 0 Å². The Balaban J connectivity index is 1.61. The molecule has 21 heavy (non-hydrogen) atoms. The van der Waals surface area contributed by atoms with Gasteiger partial charge in [0.05, 0.1) is 12.8 Å². The molecule has 0 aromatic heterocycles. The molecule has 3 heteroatoms. The maximum atomic E-state index is 13.2. The summed E-state index contributed by atoms with van der Waals surface area (Å²) in [6.07, 6.45) is 2.20. The molecule has 2 aromatic carbocycles. The topological polar surface area (TPSA) is 21.3 Å². The first-order chi connectivity index (χ1) is 10.2. The summed E-state index contributed by atoms with van der Waals surface area (Å²) in [5.74, 6) is 0.909. The third-order valence-electron chi connectivity index (χ3n) is 4.21. The first-order valence-electron chi connectivity index (χ1n) is 7.32. The van der Waals surface area contributed by atoms with Crippen LogP contribution in [0.15, 0.2) is 42.5 Å². The Morgan fingerprint density at radius 1 is 1.10 bits per heavy atom. The number of ether oxygens (including phenoxy) is 1. The monoisotopic (exact) mass is 285 g/mol. The zero-order valence-corrected chi connectivity index (χ0v) is 12.4. The Kier molecular flexibility index (Phi) is 3.82. The molecule has 0 saturated heterocycles. The van der Waals surface area contributed by atoms with E-state index in [1.165, 1.54) is 23.3 Å². The normalized spacial score (nSPS) is 20.7. The van der Waals surface area contributed by atoms with Crippen molar-refractivity contribution >= 4 is 5.69 Å². The lowest BCUT2D eigenvalue weighted by Gasteiger charge is -2.37. The predicted octanol–water partition coefficient (Wildman–Crippen LogP) is 4.50. The second-order valence-corrected chi connectivity index (χ2v) is 5.76. The highest BCUT2D eigenvalue weighted by Gasteiger charge is 2.30. The van der Waals surface area contributed by atoms with Crippen molar-refractivity contribution in [2.24, 2.45) is 0 Å². The van der Waals surface area contributed by atoms with E-state index < -0.39 is 0 Å². The standard InChI is InChI=1S/C18H20FNO/c1-12-3-5-13(6-4-12)14-9-16(10-14)20-17-8-7-15(19)11-18(17)21-2/h3-8,11,14,16,20H,9-10H2,1-2H3. The molecule has 0 heterocycles. The number of methoxy groups -OCH3 is 1. The Morgan fingerprint density at radius 2 is 1.81 bits per heavy atom. The second kappa shape index (κ2) is 5.76. The summed E-state index contributed by atoms with van der Waals surface area (Å²) in [6.45, 7) is 2.11. The van der Waals surface area contributed by atoms with Gasteiger partial charge in [-0.2, -0.15) is 0 Å². The van der Waals surface area contributed by atoms with Crippen LogP contribution in [0.3, 0.4) is 0 Å². The first-order valence-corrected chi connectivity index (χ1v) is 7.32. The number of hydrogen-bond donors (Lipinski definition) is 1. The molecule has 0 spiro atoms. The van der Waals surface area contributed by atoms with Gasteiger partial charge in [0.1, 0.15) is 11.6 Å². The number of halogens is 1. The lowest BCUT2D eigenvalue weighted by Crippen LogP contribution is -2.34. The molecule has 1 N–H and O–H groups in total. The zero-order valence-electron chi connectivity index (χ0n) is 12.4. The third kappa shape index (κ3) is 3.02. The van der Waals surface area contributed by atoms with Gasteiger partial charge in [0.2, 0.25) is 0 Å². The van der Waals surface area contributed by atoms with E-state index in [1.807, 2.05) is 0 Å². The van der Waals surface area contributed by atoms with Gasteiger partial charge in [-0.3, -0.25) is 0 Å². The van der Waals surface area contributed by atoms with Crippen LogP contribution in [-0.4, -0.2) is 13.2 Å². The lowest BCUT2D eigenvalue weighted by atomic mass is 9.75. The minimum Gasteiger partial charge on any atom is -0.494 e. The van der Waals surface area contributed by atoms with Crippen molar-refractivity contribution in [1.82, 2.24) is 0 Å². The molecule has 1 saturated carbocycles. The molecule has 0 unspecified atom stereocenters. The Bertz CT molecular complexity index is 618. The summed E-state index contributed by atoms with van der Waals surface area (Å²) < 4.78 is 18.4. The van der Waals surface area contributed by atoms with E-state index in [0.29, 0.717) is 17.7 Å². The van der Waals surface area contributed by atoms with Crippen molar-refractivity contribution in [2.75, 3.05) is 12.4 Å². The second-order valence-electron chi connectivity index (χ2n) is 5.76. The molecule has 0 amide bonds. The number of rotatable bonds is 4. The average molecular weight is 285 g/mol. The molecule has 3 rings (SSSR count). The fourth-order valence-electron chi connectivity index (χ4n) is 2.85. The van der Waals surface area contributed by atoms with Crippen LogP contribution in [0, 0.1) is 12.7 Å². The van der Waals surface area contributed by atoms with Gasteiger partial charge in [0.25, 0.3) is 0 Å². The van der Waals surface area contributed by atoms with E-state index in [9.17, 15) is 4.39 Å². The molecule has 0 bridgehead atoms. The summed E-state index contributed by atoms with van der Waals surface area (Å²) >= 11 is 0. The molecule has 1 fully saturated rings. The van der Waals surface area contributed by atoms with Crippen LogP contribution < -0.4 is 10.1 Å². The quantitative estimate of drug-likeness (QED) is 0.893. The van der Waals surface area contributed by atoms with Crippen LogP contribution in [0.5, 0.6) is 5.75 Å². The largest absolute Gasteiger partial charge is 0.494 e. The van der Waals surface area contributed by atoms with E-state index in [-0.39, 0.29) is 5.82 Å². The molecule has 1 aliphatic carbocycles. The van der Waals surface area contributed by atoms with Gasteiger partial charge in [0, 0.05) is 12.1 Å². The van der Waals surface area contributed by atoms with Gasteiger partial charge in [-0.1, -0.05) is 29.8 Å². The molecule has 0 radical (unpaired) electrons. The van der Waals surface area contributed by atoms with Crippen LogP contribution in [0.2, 0.25) is 0 Å². The first kappa shape index (κ1) is 13.9. The smallest absolute Gasteiger partial charge is 0.144 e. The van der Waals surface area contributed by atoms with Crippen molar-refractivity contribution in [2.45, 2.75) is 31.7 Å². The lowest BCUT2D eigenvalue weighted by molar-refractivity contribution is 0.369. The van der Waals surface area contributed by atoms with Crippen molar-refractivity contribution in [1.29, 1.82) is 0 Å². The summed E-state index contributed by atoms with van der Waals surface area (Å²) in [7, 11) is 1.57. The molecule has 110 valence electrons. The minimum absolute atomic E-state index is 0.274. The van der Waals surface area contributed by atoms with E-state index in [2.05, 4.69) is 36.5 Å². The SMILES string of the molecule is COc1cc(F)ccc1NC1CC(c2ccc(C)cc2)C1. The van der Waals surface area contributed by atoms with Gasteiger partial charge in [-0.25, -0.2) is 4.39 Å². The third-order valence-corrected chi connectivity index (χ3v) is 4.21. The summed E-state index contributed by atoms with van der Waals surface area (Å²) in [6, 6.07) is 13.8. The highest BCUT2D eigenvalue weighted by Crippen LogP contribution is 2.39. The van der Waals surface area contributed by atoms with Crippen molar-refractivity contribution in [3.63, 3.8) is 0 Å². The number of aryl methyl sites for hydroxylation is 1. The molecular weight excluding hydrogens is 265 g/mol. The van der Waals surface area contributed by atoms with Gasteiger partial charge >= 0.3 is 0 Å². The Labute approximate surface area is 125 Å². The summed E-state index contributed by atoms with van der Waals surface area (Å²) in [5, 5.41) is 3.44. The zero-order chi connectivity index (χ0) is 14.8. The summed E-state index contributed by atoms with van der Waals surface area (Å²) in [5.41, 5.74) is 3.57. The van der Waals surface area contributed by atoms with Crippen molar-refractivity contribution < 1.29 is 9.13 Å². The number of anilines is 1. The van der Waals surface area contributed by atoms with Crippen molar-refractivity contribution in [3.8, 4) is 5.75 Å². The Hall–Kier alpha value is -2.03. The van der Waals surface area contributed by atoms with Gasteiger partial charge in [-0.15, -0.1) is 0 Å². The molecule has 0 aliphatic heterocycles. The average Bonchev–Trinajstić information content (AvgIpc) is 2.45. The maximum Gasteiger partial charge on any atom is 0.144 e. The fraction of sp³-hybridized carbons (Fsp3) is 0.333. The highest BCUT2D eigenvalue weighted by molar-refractivity contribution is 5.57. The van der Waals surface area contributed by atoms with E-state index in [0.717, 1.165) is 18.5 Å². The van der Waals surface area contributed by atoms with Gasteiger partial charge in [0.15, 0.2) is 0 Å². The molecular formula is C18H20FNO. The van der Waals surface area contributed by atoms with E-state index in [1.54, 1.807) is 13.2 Å². The highest BCUT2D eigenvalue weighted by atomic mass is 19.1. The molecule has 2 nitrogen and oxygen atoms in total. The van der Waals surface area contributed by atoms with Crippen molar-refractivity contribution in [3.05, 3.63) is 59.4 Å². The molecule has 1 aliphatic rings. The summed E-state index contributed by atoms with van der Waals surface area (Å²) in [4.78, 5) is 0. The fourth-order valence-corrected chi connectivity index (χ4v) is 2.85. The molecule has 0 atom stereocenters. The minimum atomic E-state index is -0.274. The number of benzene rings is 2. The Morgan fingerprint density at radius 3 is 2.48 bits per heavy atom. The number of nitrogens with one attached hydrogen (secondary N) is 1. The van der Waals surface area contributed by atoms with Crippen LogP contribution in [-0.2, 0) is 0 Å². The van der Waals surface area contributed by atoms with E-state index >= 15 is 0 Å². The van der Waals surface area contributed by atoms with Crippen LogP contribution in [0.4, 0.5) is 10.1 Å². The van der Waals surface area contributed by atoms with Gasteiger partial charge in [-0.05, 0) is 43.4 Å². The molecule has 2 aromatic rings. The maximum absolute atomic E-state index is 13.2. The number of hydrogen-bond acceptors (Lipinski definition) is 2. The predicted molar refractivity (Wildman–Crippen MR) is 83.5 cm³/mol. The van der Waals surface area contributed by atoms with Crippen LogP contribution in [0.25, 0.3) is 0 Å².